The minimum absolute atomic E-state index is 0.217. The molecule has 24 heavy (non-hydrogen) atoms. The molecule has 0 atom stereocenters. The van der Waals surface area contributed by atoms with Crippen molar-refractivity contribution >= 4 is 11.8 Å². The van der Waals surface area contributed by atoms with Crippen LogP contribution in [0.2, 0.25) is 0 Å². The number of urea groups is 1. The maximum atomic E-state index is 11.9. The molecule has 0 saturated carbocycles. The van der Waals surface area contributed by atoms with Crippen molar-refractivity contribution in [2.75, 3.05) is 31.2 Å². The van der Waals surface area contributed by atoms with Crippen LogP contribution in [0.25, 0.3) is 0 Å². The molecular weight excluding hydrogens is 306 g/mol. The van der Waals surface area contributed by atoms with Crippen LogP contribution in [0.4, 0.5) is 10.6 Å². The maximum Gasteiger partial charge on any atom is 0.315 e. The van der Waals surface area contributed by atoms with Gasteiger partial charge >= 0.3 is 6.03 Å². The quantitative estimate of drug-likeness (QED) is 0.866. The molecule has 1 saturated heterocycles. The molecule has 0 radical (unpaired) electrons. The largest absolute Gasteiger partial charge is 0.378 e. The van der Waals surface area contributed by atoms with Gasteiger partial charge in [0, 0.05) is 32.0 Å². The van der Waals surface area contributed by atoms with Gasteiger partial charge in [-0.3, -0.25) is 4.98 Å². The van der Waals surface area contributed by atoms with E-state index in [0.29, 0.717) is 13.1 Å². The number of pyridine rings is 2. The summed E-state index contributed by atoms with van der Waals surface area (Å²) in [4.78, 5) is 22.6. The van der Waals surface area contributed by atoms with Crippen molar-refractivity contribution in [3.8, 4) is 0 Å². The van der Waals surface area contributed by atoms with Crippen LogP contribution in [-0.4, -0.2) is 42.3 Å². The molecule has 3 rings (SSSR count). The van der Waals surface area contributed by atoms with Crippen molar-refractivity contribution in [2.24, 2.45) is 0 Å². The average molecular weight is 327 g/mol. The molecule has 0 unspecified atom stereocenters. The highest BCUT2D eigenvalue weighted by Gasteiger charge is 2.12. The third-order valence-corrected chi connectivity index (χ3v) is 3.75. The van der Waals surface area contributed by atoms with Crippen molar-refractivity contribution in [2.45, 2.75) is 13.1 Å². The molecule has 1 aliphatic heterocycles. The Bertz CT molecular complexity index is 659. The van der Waals surface area contributed by atoms with Crippen molar-refractivity contribution in [3.05, 3.63) is 54.0 Å². The van der Waals surface area contributed by atoms with E-state index in [1.807, 2.05) is 30.3 Å². The number of rotatable bonds is 5. The molecule has 1 aliphatic rings. The van der Waals surface area contributed by atoms with E-state index in [4.69, 9.17) is 4.74 Å². The third-order valence-electron chi connectivity index (χ3n) is 3.75. The lowest BCUT2D eigenvalue weighted by Crippen LogP contribution is -2.37. The topological polar surface area (TPSA) is 79.4 Å². The van der Waals surface area contributed by atoms with Gasteiger partial charge in [0.25, 0.3) is 0 Å². The summed E-state index contributed by atoms with van der Waals surface area (Å²) >= 11 is 0. The molecule has 2 aromatic rings. The van der Waals surface area contributed by atoms with Crippen LogP contribution in [0.15, 0.2) is 42.7 Å². The van der Waals surface area contributed by atoms with Gasteiger partial charge in [0.2, 0.25) is 0 Å². The standard InChI is InChI=1S/C17H21N5O2/c23-17(21-13-15-3-1-2-5-18-15)20-12-14-4-6-19-16(11-14)22-7-9-24-10-8-22/h1-6,11H,7-10,12-13H2,(H2,20,21,23). The van der Waals surface area contributed by atoms with Crippen LogP contribution < -0.4 is 15.5 Å². The average Bonchev–Trinajstić information content (AvgIpc) is 2.66. The Morgan fingerprint density at radius 2 is 1.92 bits per heavy atom. The first kappa shape index (κ1) is 16.2. The highest BCUT2D eigenvalue weighted by Crippen LogP contribution is 2.14. The van der Waals surface area contributed by atoms with E-state index >= 15 is 0 Å². The summed E-state index contributed by atoms with van der Waals surface area (Å²) < 4.78 is 5.35. The summed E-state index contributed by atoms with van der Waals surface area (Å²) in [7, 11) is 0. The normalized spacial score (nSPS) is 14.2. The molecule has 126 valence electrons. The van der Waals surface area contributed by atoms with Crippen molar-refractivity contribution < 1.29 is 9.53 Å². The van der Waals surface area contributed by atoms with Gasteiger partial charge in [-0.15, -0.1) is 0 Å². The predicted molar refractivity (Wildman–Crippen MR) is 90.6 cm³/mol. The Hall–Kier alpha value is -2.67. The number of carbonyl (C=O) groups is 1. The van der Waals surface area contributed by atoms with E-state index < -0.39 is 0 Å². The monoisotopic (exact) mass is 327 g/mol. The minimum atomic E-state index is -0.217. The second-order valence-corrected chi connectivity index (χ2v) is 5.48. The van der Waals surface area contributed by atoms with E-state index in [9.17, 15) is 4.79 Å². The van der Waals surface area contributed by atoms with Gasteiger partial charge in [0.05, 0.1) is 25.5 Å². The van der Waals surface area contributed by atoms with Crippen LogP contribution >= 0.6 is 0 Å². The minimum Gasteiger partial charge on any atom is -0.378 e. The molecular formula is C17H21N5O2. The number of aromatic nitrogens is 2. The number of nitrogens with zero attached hydrogens (tertiary/aromatic N) is 3. The van der Waals surface area contributed by atoms with Crippen molar-refractivity contribution in [1.29, 1.82) is 0 Å². The summed E-state index contributed by atoms with van der Waals surface area (Å²) in [5, 5.41) is 5.64. The van der Waals surface area contributed by atoms with Crippen LogP contribution in [0.1, 0.15) is 11.3 Å². The van der Waals surface area contributed by atoms with Crippen LogP contribution in [0.5, 0.6) is 0 Å². The van der Waals surface area contributed by atoms with Crippen LogP contribution in [0, 0.1) is 0 Å². The van der Waals surface area contributed by atoms with Gasteiger partial charge in [-0.1, -0.05) is 6.07 Å². The molecule has 0 aromatic carbocycles. The molecule has 2 N–H and O–H groups in total. The Kier molecular flexibility index (Phi) is 5.57. The fourth-order valence-corrected chi connectivity index (χ4v) is 2.45. The first-order valence-corrected chi connectivity index (χ1v) is 8.00. The smallest absolute Gasteiger partial charge is 0.315 e. The zero-order chi connectivity index (χ0) is 16.6. The summed E-state index contributed by atoms with van der Waals surface area (Å²) in [6.07, 6.45) is 3.48. The van der Waals surface area contributed by atoms with Crippen LogP contribution in [-0.2, 0) is 17.8 Å². The number of anilines is 1. The molecule has 2 amide bonds. The van der Waals surface area contributed by atoms with Crippen molar-refractivity contribution in [3.63, 3.8) is 0 Å². The summed E-state index contributed by atoms with van der Waals surface area (Å²) in [6, 6.07) is 9.31. The summed E-state index contributed by atoms with van der Waals surface area (Å²) in [5.74, 6) is 0.923. The fraction of sp³-hybridized carbons (Fsp3) is 0.353. The number of ether oxygens (including phenoxy) is 1. The summed E-state index contributed by atoms with van der Waals surface area (Å²) in [5.41, 5.74) is 1.84. The number of amides is 2. The Morgan fingerprint density at radius 1 is 1.08 bits per heavy atom. The Balaban J connectivity index is 1.48. The lowest BCUT2D eigenvalue weighted by atomic mass is 10.2. The second kappa shape index (κ2) is 8.26. The van der Waals surface area contributed by atoms with Crippen molar-refractivity contribution in [1.82, 2.24) is 20.6 Å². The molecule has 0 bridgehead atoms. The van der Waals surface area contributed by atoms with Gasteiger partial charge in [0.15, 0.2) is 0 Å². The van der Waals surface area contributed by atoms with Gasteiger partial charge in [-0.25, -0.2) is 9.78 Å². The first-order valence-electron chi connectivity index (χ1n) is 8.00. The van der Waals surface area contributed by atoms with E-state index in [0.717, 1.165) is 43.4 Å². The highest BCUT2D eigenvalue weighted by atomic mass is 16.5. The van der Waals surface area contributed by atoms with E-state index in [1.165, 1.54) is 0 Å². The van der Waals surface area contributed by atoms with E-state index in [2.05, 4.69) is 25.5 Å². The lowest BCUT2D eigenvalue weighted by Gasteiger charge is -2.28. The molecule has 0 spiro atoms. The van der Waals surface area contributed by atoms with Gasteiger partial charge in [-0.05, 0) is 29.8 Å². The maximum absolute atomic E-state index is 11.9. The number of hydrogen-bond acceptors (Lipinski definition) is 5. The Morgan fingerprint density at radius 3 is 2.71 bits per heavy atom. The molecule has 3 heterocycles. The van der Waals surface area contributed by atoms with Crippen LogP contribution in [0.3, 0.4) is 0 Å². The predicted octanol–water partition coefficient (Wildman–Crippen LogP) is 1.31. The zero-order valence-electron chi connectivity index (χ0n) is 13.4. The van der Waals surface area contributed by atoms with E-state index in [1.54, 1.807) is 12.4 Å². The molecule has 1 fully saturated rings. The number of morpholine rings is 1. The van der Waals surface area contributed by atoms with Gasteiger partial charge in [0.1, 0.15) is 5.82 Å². The molecule has 7 heteroatoms. The molecule has 7 nitrogen and oxygen atoms in total. The van der Waals surface area contributed by atoms with Gasteiger partial charge < -0.3 is 20.3 Å². The Labute approximate surface area is 141 Å². The highest BCUT2D eigenvalue weighted by molar-refractivity contribution is 5.73. The first-order chi connectivity index (χ1) is 11.8. The van der Waals surface area contributed by atoms with E-state index in [-0.39, 0.29) is 6.03 Å². The summed E-state index contributed by atoms with van der Waals surface area (Å²) in [6.45, 7) is 3.99. The number of carbonyl (C=O) groups excluding carboxylic acids is 1. The number of nitrogens with one attached hydrogen (secondary N) is 2. The third kappa shape index (κ3) is 4.66. The second-order valence-electron chi connectivity index (χ2n) is 5.48. The molecule has 0 aliphatic carbocycles. The zero-order valence-corrected chi connectivity index (χ0v) is 13.4. The van der Waals surface area contributed by atoms with Gasteiger partial charge in [-0.2, -0.15) is 0 Å². The molecule has 2 aromatic heterocycles. The SMILES string of the molecule is O=C(NCc1ccnc(N2CCOCC2)c1)NCc1ccccn1. The lowest BCUT2D eigenvalue weighted by molar-refractivity contribution is 0.122. The number of hydrogen-bond donors (Lipinski definition) is 2. The fourth-order valence-electron chi connectivity index (χ4n) is 2.45.